The molecule has 0 bridgehead atoms. The molecule has 0 aliphatic heterocycles. The molecule has 3 aromatic heterocycles. The van der Waals surface area contributed by atoms with Crippen LogP contribution >= 0.6 is 11.7 Å². The first-order valence-electron chi connectivity index (χ1n) is 16.1. The van der Waals surface area contributed by atoms with E-state index in [4.69, 9.17) is 24.3 Å². The Morgan fingerprint density at radius 1 is 0.408 bits per heavy atom. The molecule has 0 spiro atoms. The first-order valence-corrected chi connectivity index (χ1v) is 16.9. The highest BCUT2D eigenvalue weighted by Crippen LogP contribution is 2.38. The van der Waals surface area contributed by atoms with Crippen molar-refractivity contribution in [1.29, 1.82) is 0 Å². The van der Waals surface area contributed by atoms with Crippen LogP contribution in [-0.2, 0) is 0 Å². The molecule has 0 atom stereocenters. The second kappa shape index (κ2) is 11.8. The number of fused-ring (bicyclic) bond motifs is 5. The molecule has 7 heteroatoms. The Bertz CT molecular complexity index is 2590. The van der Waals surface area contributed by atoms with E-state index in [2.05, 4.69) is 127 Å². The minimum Gasteiger partial charge on any atom is -0.247 e. The third kappa shape index (κ3) is 5.30. The van der Waals surface area contributed by atoms with Crippen LogP contribution < -0.4 is 0 Å². The Morgan fingerprint density at radius 3 is 1.55 bits per heavy atom. The Morgan fingerprint density at radius 2 is 0.939 bits per heavy atom. The Hall–Kier alpha value is -6.18. The SMILES string of the molecule is Cc1ccc(-c2nc(-c3ccc(C)cc3)nc(-c3ccc(-c4ccc5c(c4)nc(-c4ccccc4)c4ccc6nsnc6c45)cc3)n2)cc1. The zero-order valence-corrected chi connectivity index (χ0v) is 27.6. The molecule has 9 aromatic rings. The van der Waals surface area contributed by atoms with E-state index in [0.29, 0.717) is 17.5 Å². The van der Waals surface area contributed by atoms with Crippen LogP contribution in [-0.4, -0.2) is 28.7 Å². The molecule has 232 valence electrons. The van der Waals surface area contributed by atoms with Gasteiger partial charge in [0, 0.05) is 38.4 Å². The summed E-state index contributed by atoms with van der Waals surface area (Å²) in [5.74, 6) is 1.93. The van der Waals surface area contributed by atoms with Gasteiger partial charge in [0.15, 0.2) is 17.5 Å². The lowest BCUT2D eigenvalue weighted by Crippen LogP contribution is -2.00. The van der Waals surface area contributed by atoms with Gasteiger partial charge in [0.25, 0.3) is 0 Å². The van der Waals surface area contributed by atoms with E-state index in [0.717, 1.165) is 71.8 Å². The minimum absolute atomic E-state index is 0.632. The number of nitrogens with zero attached hydrogens (tertiary/aromatic N) is 6. The van der Waals surface area contributed by atoms with E-state index in [1.54, 1.807) is 0 Å². The normalized spacial score (nSPS) is 11.5. The summed E-state index contributed by atoms with van der Waals surface area (Å²) in [6.45, 7) is 4.16. The summed E-state index contributed by atoms with van der Waals surface area (Å²) in [7, 11) is 0. The molecule has 6 aromatic carbocycles. The number of aromatic nitrogens is 6. The number of hydrogen-bond donors (Lipinski definition) is 0. The lowest BCUT2D eigenvalue weighted by atomic mass is 9.96. The van der Waals surface area contributed by atoms with Gasteiger partial charge in [0.05, 0.1) is 22.9 Å². The van der Waals surface area contributed by atoms with Crippen molar-refractivity contribution in [3.05, 3.63) is 145 Å². The van der Waals surface area contributed by atoms with Gasteiger partial charge in [-0.1, -0.05) is 126 Å². The summed E-state index contributed by atoms with van der Waals surface area (Å²) < 4.78 is 9.22. The maximum atomic E-state index is 5.23. The quantitative estimate of drug-likeness (QED) is 0.173. The summed E-state index contributed by atoms with van der Waals surface area (Å²) in [5, 5.41) is 3.22. The van der Waals surface area contributed by atoms with E-state index in [9.17, 15) is 0 Å². The zero-order valence-electron chi connectivity index (χ0n) is 26.8. The summed E-state index contributed by atoms with van der Waals surface area (Å²) in [6.07, 6.45) is 0. The summed E-state index contributed by atoms with van der Waals surface area (Å²) in [4.78, 5) is 20.0. The number of benzene rings is 6. The molecular weight excluding hydrogens is 621 g/mol. The molecule has 0 amide bonds. The maximum Gasteiger partial charge on any atom is 0.164 e. The summed E-state index contributed by atoms with van der Waals surface area (Å²) in [5.41, 5.74) is 12.1. The van der Waals surface area contributed by atoms with Gasteiger partial charge in [-0.3, -0.25) is 0 Å². The van der Waals surface area contributed by atoms with Gasteiger partial charge in [-0.2, -0.15) is 8.75 Å². The number of aryl methyl sites for hydroxylation is 2. The van der Waals surface area contributed by atoms with Crippen molar-refractivity contribution < 1.29 is 0 Å². The van der Waals surface area contributed by atoms with E-state index in [-0.39, 0.29) is 0 Å². The molecule has 0 saturated carbocycles. The highest BCUT2D eigenvalue weighted by molar-refractivity contribution is 7.00. The van der Waals surface area contributed by atoms with Crippen molar-refractivity contribution >= 4 is 44.4 Å². The number of hydrogen-bond acceptors (Lipinski definition) is 7. The molecule has 0 unspecified atom stereocenters. The predicted molar refractivity (Wildman–Crippen MR) is 200 cm³/mol. The highest BCUT2D eigenvalue weighted by atomic mass is 32.1. The first kappa shape index (κ1) is 29.0. The van der Waals surface area contributed by atoms with Gasteiger partial charge >= 0.3 is 0 Å². The standard InChI is InChI=1S/C42H28N6S/c1-25-8-12-29(13-9-25)40-44-41(30-14-10-26(2)11-15-30)46-42(45-40)31-18-16-27(17-19-31)32-20-21-33-36(24-32)43-38(28-6-4-3-5-7-28)34-22-23-35-39(37(33)34)48-49-47-35/h3-24H,1-2H3. The molecule has 0 aliphatic carbocycles. The Labute approximate surface area is 287 Å². The highest BCUT2D eigenvalue weighted by Gasteiger charge is 2.17. The third-order valence-electron chi connectivity index (χ3n) is 8.96. The van der Waals surface area contributed by atoms with Crippen molar-refractivity contribution in [3.63, 3.8) is 0 Å². The Kier molecular flexibility index (Phi) is 6.99. The van der Waals surface area contributed by atoms with Gasteiger partial charge < -0.3 is 0 Å². The predicted octanol–water partition coefficient (Wildman–Crippen LogP) is 10.5. The van der Waals surface area contributed by atoms with E-state index in [1.165, 1.54) is 22.9 Å². The van der Waals surface area contributed by atoms with Gasteiger partial charge in [-0.05, 0) is 43.2 Å². The second-order valence-electron chi connectivity index (χ2n) is 12.3. The number of rotatable bonds is 5. The topological polar surface area (TPSA) is 77.3 Å². The average molecular weight is 649 g/mol. The van der Waals surface area contributed by atoms with Crippen LogP contribution in [0.2, 0.25) is 0 Å². The molecule has 0 fully saturated rings. The van der Waals surface area contributed by atoms with Crippen molar-refractivity contribution in [2.24, 2.45) is 0 Å². The summed E-state index contributed by atoms with van der Waals surface area (Å²) >= 11 is 1.24. The molecule has 49 heavy (non-hydrogen) atoms. The van der Waals surface area contributed by atoms with Gasteiger partial charge in [-0.15, -0.1) is 0 Å². The first-order chi connectivity index (χ1) is 24.1. The largest absolute Gasteiger partial charge is 0.247 e. The average Bonchev–Trinajstić information content (AvgIpc) is 3.64. The lowest BCUT2D eigenvalue weighted by molar-refractivity contribution is 1.07. The van der Waals surface area contributed by atoms with Gasteiger partial charge in [0.1, 0.15) is 11.0 Å². The van der Waals surface area contributed by atoms with Gasteiger partial charge in [-0.25, -0.2) is 19.9 Å². The number of pyridine rings is 1. The molecule has 9 rings (SSSR count). The second-order valence-corrected chi connectivity index (χ2v) is 12.8. The van der Waals surface area contributed by atoms with E-state index >= 15 is 0 Å². The fourth-order valence-electron chi connectivity index (χ4n) is 6.31. The van der Waals surface area contributed by atoms with Crippen LogP contribution in [0.3, 0.4) is 0 Å². The zero-order chi connectivity index (χ0) is 32.9. The molecule has 0 N–H and O–H groups in total. The van der Waals surface area contributed by atoms with E-state index in [1.807, 2.05) is 24.3 Å². The van der Waals surface area contributed by atoms with Crippen molar-refractivity contribution in [2.75, 3.05) is 0 Å². The van der Waals surface area contributed by atoms with Crippen molar-refractivity contribution in [2.45, 2.75) is 13.8 Å². The van der Waals surface area contributed by atoms with Crippen LogP contribution in [0.15, 0.2) is 133 Å². The molecule has 0 saturated heterocycles. The van der Waals surface area contributed by atoms with Crippen LogP contribution in [0, 0.1) is 13.8 Å². The fourth-order valence-corrected chi connectivity index (χ4v) is 6.86. The molecule has 0 radical (unpaired) electrons. The maximum absolute atomic E-state index is 5.23. The Balaban J connectivity index is 1.15. The molecule has 3 heterocycles. The third-order valence-corrected chi connectivity index (χ3v) is 9.50. The van der Waals surface area contributed by atoms with Crippen LogP contribution in [0.25, 0.3) is 89.3 Å². The molecule has 6 nitrogen and oxygen atoms in total. The van der Waals surface area contributed by atoms with Crippen LogP contribution in [0.1, 0.15) is 11.1 Å². The van der Waals surface area contributed by atoms with Crippen molar-refractivity contribution in [3.8, 4) is 56.5 Å². The molecule has 0 aliphatic rings. The lowest BCUT2D eigenvalue weighted by Gasteiger charge is -2.12. The molecular formula is C42H28N6S. The van der Waals surface area contributed by atoms with Gasteiger partial charge in [0.2, 0.25) is 0 Å². The van der Waals surface area contributed by atoms with E-state index < -0.39 is 0 Å². The van der Waals surface area contributed by atoms with Crippen LogP contribution in [0.5, 0.6) is 0 Å². The smallest absolute Gasteiger partial charge is 0.164 e. The minimum atomic E-state index is 0.632. The van der Waals surface area contributed by atoms with Crippen molar-refractivity contribution in [1.82, 2.24) is 28.7 Å². The fraction of sp³-hybridized carbons (Fsp3) is 0.0476. The van der Waals surface area contributed by atoms with Crippen LogP contribution in [0.4, 0.5) is 0 Å². The monoisotopic (exact) mass is 648 g/mol. The summed E-state index contributed by atoms with van der Waals surface area (Å²) in [6, 6.07) is 46.0.